The smallest absolute Gasteiger partial charge is 0.116 e. The number of hydrogen-bond acceptors (Lipinski definition) is 2. The summed E-state index contributed by atoms with van der Waals surface area (Å²) in [5, 5.41) is 0. The molecular weight excluding hydrogens is 95.0 g/mol. The molecule has 6 heavy (non-hydrogen) atoms. The number of rotatable bonds is 0. The normalized spacial score (nSPS) is 8.00. The lowest BCUT2D eigenvalue weighted by Gasteiger charge is -1.69. The van der Waals surface area contributed by atoms with E-state index in [-0.39, 0.29) is 0 Å². The minimum absolute atomic E-state index is 1.08. The predicted octanol–water partition coefficient (Wildman–Crippen LogP) is 1.06. The van der Waals surface area contributed by atoms with Gasteiger partial charge in [0.1, 0.15) is 6.33 Å². The Hall–Kier alpha value is -0.490. The van der Waals surface area contributed by atoms with Crippen molar-refractivity contribution in [1.82, 2.24) is 9.97 Å². The minimum atomic E-state index is 1.08. The van der Waals surface area contributed by atoms with E-state index in [1.54, 1.807) is 11.9 Å². The average molecular weight is 98.0 g/mol. The van der Waals surface area contributed by atoms with Crippen molar-refractivity contribution in [2.75, 3.05) is 0 Å². The fourth-order valence-electron chi connectivity index (χ4n) is 0.205. The summed E-state index contributed by atoms with van der Waals surface area (Å²) in [7, 11) is 1.08. The lowest BCUT2D eigenvalue weighted by Crippen LogP contribution is -1.61. The van der Waals surface area contributed by atoms with Crippen LogP contribution in [-0.4, -0.2) is 9.97 Å². The van der Waals surface area contributed by atoms with Crippen LogP contribution in [0.4, 0.5) is 0 Å². The Morgan fingerprint density at radius 2 is 1.83 bits per heavy atom. The van der Waals surface area contributed by atoms with Crippen molar-refractivity contribution in [3.8, 4) is 0 Å². The molecule has 0 aromatic carbocycles. The fourth-order valence-corrected chi connectivity index (χ4v) is 0.538. The van der Waals surface area contributed by atoms with Gasteiger partial charge in [0.15, 0.2) is 0 Å². The topological polar surface area (TPSA) is 25.8 Å². The van der Waals surface area contributed by atoms with Crippen LogP contribution in [-0.2, 0) is 0 Å². The summed E-state index contributed by atoms with van der Waals surface area (Å²) in [6.07, 6.45) is 1.52. The highest BCUT2D eigenvalue weighted by Gasteiger charge is 1.60. The molecule has 1 heterocycles. The van der Waals surface area contributed by atoms with Gasteiger partial charge in [-0.25, -0.2) is 9.97 Å². The van der Waals surface area contributed by atoms with Crippen LogP contribution in [0.25, 0.3) is 0 Å². The third kappa shape index (κ3) is 0.728. The zero-order valence-corrected chi connectivity index (χ0v) is 3.97. The molecule has 30 valence electrons. The summed E-state index contributed by atoms with van der Waals surface area (Å²) in [5.41, 5.74) is 0. The first-order valence-corrected chi connectivity index (χ1v) is 2.58. The van der Waals surface area contributed by atoms with Gasteiger partial charge in [0.2, 0.25) is 0 Å². The summed E-state index contributed by atoms with van der Waals surface area (Å²) in [6.45, 7) is 0. The van der Waals surface area contributed by atoms with Gasteiger partial charge in [0.25, 0.3) is 0 Å². The van der Waals surface area contributed by atoms with E-state index in [1.165, 1.54) is 6.33 Å². The van der Waals surface area contributed by atoms with Crippen LogP contribution in [0.3, 0.4) is 0 Å². The van der Waals surface area contributed by atoms with Crippen LogP contribution in [0, 0.1) is 0 Å². The van der Waals surface area contributed by atoms with Gasteiger partial charge in [-0.15, -0.1) is 0 Å². The van der Waals surface area contributed by atoms with Crippen LogP contribution in [0.1, 0.15) is 0 Å². The summed E-state index contributed by atoms with van der Waals surface area (Å²) in [6, 6.07) is 0. The van der Waals surface area contributed by atoms with Gasteiger partial charge < -0.3 is 0 Å². The Bertz CT molecular complexity index is 80.7. The number of nitrogens with zero attached hydrogens (tertiary/aromatic N) is 2. The molecule has 0 aliphatic rings. The van der Waals surface area contributed by atoms with E-state index < -0.39 is 0 Å². The van der Waals surface area contributed by atoms with Crippen molar-refractivity contribution >= 4 is 8.19 Å². The lowest BCUT2D eigenvalue weighted by atomic mass is 11.3. The van der Waals surface area contributed by atoms with Crippen LogP contribution < -0.4 is 0 Å². The Kier molecular flexibility index (Phi) is 1.13. The van der Waals surface area contributed by atoms with E-state index >= 15 is 0 Å². The highest BCUT2D eigenvalue weighted by atomic mass is 31.0. The molecule has 3 heteroatoms. The molecule has 0 saturated carbocycles. The lowest BCUT2D eigenvalue weighted by molar-refractivity contribution is 1.22. The van der Waals surface area contributed by atoms with E-state index in [0.717, 1.165) is 8.19 Å². The summed E-state index contributed by atoms with van der Waals surface area (Å²) in [5.74, 6) is 3.57. The SMILES string of the molecule is c1ncpcn1. The molecule has 0 amide bonds. The number of hydrogen-bond donors (Lipinski definition) is 0. The minimum Gasteiger partial charge on any atom is -0.240 e. The molecule has 0 fully saturated rings. The van der Waals surface area contributed by atoms with E-state index in [1.807, 2.05) is 0 Å². The molecule has 0 atom stereocenters. The molecule has 0 bridgehead atoms. The molecule has 2 nitrogen and oxygen atoms in total. The third-order valence-corrected chi connectivity index (χ3v) is 0.933. The molecule has 1 aromatic rings. The molecule has 0 aliphatic carbocycles. The second-order valence-corrected chi connectivity index (χ2v) is 1.55. The van der Waals surface area contributed by atoms with Gasteiger partial charge in [0, 0.05) is 0 Å². The van der Waals surface area contributed by atoms with Gasteiger partial charge >= 0.3 is 0 Å². The van der Waals surface area contributed by atoms with Crippen molar-refractivity contribution in [3.05, 3.63) is 18.2 Å². The van der Waals surface area contributed by atoms with Crippen molar-refractivity contribution in [3.63, 3.8) is 0 Å². The van der Waals surface area contributed by atoms with Crippen molar-refractivity contribution < 1.29 is 0 Å². The molecule has 1 aromatic heterocycles. The Balaban J connectivity index is 3.00. The maximum Gasteiger partial charge on any atom is 0.116 e. The standard InChI is InChI=1S/C3H3N2P/c1-4-2-6-3-5-1/h1-3H. The largest absolute Gasteiger partial charge is 0.240 e. The highest BCUT2D eigenvalue weighted by molar-refractivity contribution is 7.27. The average Bonchev–Trinajstić information content (AvgIpc) is 1.72. The van der Waals surface area contributed by atoms with Gasteiger partial charge in [-0.1, -0.05) is 0 Å². The number of aromatic nitrogens is 2. The first-order valence-electron chi connectivity index (χ1n) is 1.55. The quantitative estimate of drug-likeness (QED) is 0.484. The van der Waals surface area contributed by atoms with Gasteiger partial charge in [-0.05, 0) is 8.19 Å². The van der Waals surface area contributed by atoms with Crippen LogP contribution >= 0.6 is 8.19 Å². The summed E-state index contributed by atoms with van der Waals surface area (Å²) >= 11 is 0. The summed E-state index contributed by atoms with van der Waals surface area (Å²) in [4.78, 5) is 7.43. The zero-order valence-electron chi connectivity index (χ0n) is 3.07. The molecule has 0 N–H and O–H groups in total. The van der Waals surface area contributed by atoms with Crippen LogP contribution in [0.2, 0.25) is 0 Å². The first kappa shape index (κ1) is 3.69. The molecule has 0 aliphatic heterocycles. The maximum absolute atomic E-state index is 3.72. The van der Waals surface area contributed by atoms with E-state index in [0.29, 0.717) is 0 Å². The van der Waals surface area contributed by atoms with Gasteiger partial charge in [-0.2, -0.15) is 0 Å². The van der Waals surface area contributed by atoms with Gasteiger partial charge in [0.05, 0.1) is 11.9 Å². The van der Waals surface area contributed by atoms with E-state index in [2.05, 4.69) is 9.97 Å². The monoisotopic (exact) mass is 98.0 g/mol. The molecule has 0 spiro atoms. The van der Waals surface area contributed by atoms with Crippen molar-refractivity contribution in [1.29, 1.82) is 0 Å². The first-order chi connectivity index (χ1) is 3.00. The summed E-state index contributed by atoms with van der Waals surface area (Å²) < 4.78 is 0. The zero-order chi connectivity index (χ0) is 4.24. The second-order valence-electron chi connectivity index (χ2n) is 0.794. The fraction of sp³-hybridized carbons (Fsp3) is 0. The second kappa shape index (κ2) is 1.83. The Morgan fingerprint density at radius 3 is 2.00 bits per heavy atom. The third-order valence-electron chi connectivity index (χ3n) is 0.400. The molecule has 0 radical (unpaired) electrons. The van der Waals surface area contributed by atoms with E-state index in [9.17, 15) is 0 Å². The van der Waals surface area contributed by atoms with Crippen LogP contribution in [0.5, 0.6) is 0 Å². The molecule has 0 saturated heterocycles. The Morgan fingerprint density at radius 1 is 1.17 bits per heavy atom. The predicted molar refractivity (Wildman–Crippen MR) is 24.5 cm³/mol. The maximum atomic E-state index is 3.72. The van der Waals surface area contributed by atoms with E-state index in [4.69, 9.17) is 0 Å². The highest BCUT2D eigenvalue weighted by Crippen LogP contribution is 1.90. The molecule has 0 unspecified atom stereocenters. The van der Waals surface area contributed by atoms with Crippen LogP contribution in [0.15, 0.2) is 18.2 Å². The van der Waals surface area contributed by atoms with Crippen molar-refractivity contribution in [2.45, 2.75) is 0 Å². The molecular formula is C3H3N2P. The molecule has 1 rings (SSSR count). The van der Waals surface area contributed by atoms with Crippen molar-refractivity contribution in [2.24, 2.45) is 0 Å². The Labute approximate surface area is 37.4 Å². The van der Waals surface area contributed by atoms with Gasteiger partial charge in [-0.3, -0.25) is 0 Å².